The number of benzene rings is 1. The maximum Gasteiger partial charge on any atom is 0.250 e. The van der Waals surface area contributed by atoms with Crippen LogP contribution < -0.4 is 10.0 Å². The van der Waals surface area contributed by atoms with Gasteiger partial charge in [0.2, 0.25) is 5.91 Å². The first-order valence-electron chi connectivity index (χ1n) is 10.7. The van der Waals surface area contributed by atoms with Crippen LogP contribution in [0.4, 0.5) is 5.69 Å². The molecule has 0 saturated heterocycles. The standard InChI is InChI=1S/C22H27N5O3S2/c1-15(2)20(26-32(29,30)19-8-6-14-31-19)22(28)23-17-11-9-16(10-12-17)21-25-24-18-7-4-3-5-13-27(18)21/h6,8-12,14-15,20,26H,3-5,7,13H2,1-2H3,(H,23,28)/t20-/m0/s1. The van der Waals surface area contributed by atoms with E-state index in [-0.39, 0.29) is 10.1 Å². The van der Waals surface area contributed by atoms with Gasteiger partial charge in [0.25, 0.3) is 10.0 Å². The number of carbonyl (C=O) groups is 1. The highest BCUT2D eigenvalue weighted by atomic mass is 32.2. The molecule has 1 aliphatic heterocycles. The average Bonchev–Trinajstić information content (AvgIpc) is 3.39. The molecule has 10 heteroatoms. The number of nitrogens with zero attached hydrogens (tertiary/aromatic N) is 3. The maximum absolute atomic E-state index is 12.9. The highest BCUT2D eigenvalue weighted by Gasteiger charge is 2.29. The van der Waals surface area contributed by atoms with E-state index in [4.69, 9.17) is 0 Å². The molecule has 1 atom stereocenters. The van der Waals surface area contributed by atoms with Crippen molar-refractivity contribution in [2.75, 3.05) is 5.32 Å². The van der Waals surface area contributed by atoms with Crippen molar-refractivity contribution in [2.24, 2.45) is 5.92 Å². The number of hydrogen-bond acceptors (Lipinski definition) is 6. The van der Waals surface area contributed by atoms with Crippen LogP contribution >= 0.6 is 11.3 Å². The Kier molecular flexibility index (Phi) is 6.73. The van der Waals surface area contributed by atoms with Crippen molar-refractivity contribution in [1.82, 2.24) is 19.5 Å². The second kappa shape index (κ2) is 9.51. The third kappa shape index (κ3) is 4.92. The third-order valence-electron chi connectivity index (χ3n) is 5.51. The van der Waals surface area contributed by atoms with Crippen LogP contribution in [0.15, 0.2) is 46.0 Å². The van der Waals surface area contributed by atoms with Gasteiger partial charge in [-0.15, -0.1) is 21.5 Å². The minimum atomic E-state index is -3.76. The van der Waals surface area contributed by atoms with Crippen molar-refractivity contribution in [3.63, 3.8) is 0 Å². The molecule has 3 heterocycles. The molecule has 1 aliphatic rings. The van der Waals surface area contributed by atoms with Crippen LogP contribution in [0, 0.1) is 5.92 Å². The van der Waals surface area contributed by atoms with E-state index in [2.05, 4.69) is 24.8 Å². The quantitative estimate of drug-likeness (QED) is 0.545. The van der Waals surface area contributed by atoms with Crippen LogP contribution in [0.25, 0.3) is 11.4 Å². The molecule has 0 fully saturated rings. The Labute approximate surface area is 192 Å². The van der Waals surface area contributed by atoms with E-state index in [1.165, 1.54) is 12.5 Å². The summed E-state index contributed by atoms with van der Waals surface area (Å²) < 4.78 is 30.1. The highest BCUT2D eigenvalue weighted by molar-refractivity contribution is 7.91. The van der Waals surface area contributed by atoms with Crippen molar-refractivity contribution in [1.29, 1.82) is 0 Å². The number of hydrogen-bond donors (Lipinski definition) is 2. The van der Waals surface area contributed by atoms with Gasteiger partial charge in [-0.2, -0.15) is 4.72 Å². The molecule has 32 heavy (non-hydrogen) atoms. The summed E-state index contributed by atoms with van der Waals surface area (Å²) in [4.78, 5) is 12.9. The number of amides is 1. The molecule has 2 N–H and O–H groups in total. The number of aryl methyl sites for hydroxylation is 1. The van der Waals surface area contributed by atoms with Gasteiger partial charge in [0.1, 0.15) is 16.1 Å². The van der Waals surface area contributed by atoms with Gasteiger partial charge in [-0.25, -0.2) is 8.42 Å². The molecule has 0 spiro atoms. The second-order valence-electron chi connectivity index (χ2n) is 8.24. The van der Waals surface area contributed by atoms with E-state index in [1.54, 1.807) is 37.4 Å². The van der Waals surface area contributed by atoms with E-state index in [9.17, 15) is 13.2 Å². The lowest BCUT2D eigenvalue weighted by Crippen LogP contribution is -2.46. The molecule has 1 amide bonds. The molecule has 0 aliphatic carbocycles. The predicted octanol–water partition coefficient (Wildman–Crippen LogP) is 3.67. The molecule has 0 unspecified atom stereocenters. The highest BCUT2D eigenvalue weighted by Crippen LogP contribution is 2.24. The van der Waals surface area contributed by atoms with E-state index >= 15 is 0 Å². The molecule has 3 aromatic rings. The van der Waals surface area contributed by atoms with Gasteiger partial charge in [0, 0.05) is 24.2 Å². The van der Waals surface area contributed by atoms with Gasteiger partial charge < -0.3 is 9.88 Å². The summed E-state index contributed by atoms with van der Waals surface area (Å²) in [5.41, 5.74) is 1.53. The summed E-state index contributed by atoms with van der Waals surface area (Å²) in [5.74, 6) is 1.23. The summed E-state index contributed by atoms with van der Waals surface area (Å²) in [6.45, 7) is 4.53. The maximum atomic E-state index is 12.9. The summed E-state index contributed by atoms with van der Waals surface area (Å²) in [6.07, 6.45) is 4.39. The van der Waals surface area contributed by atoms with E-state index in [1.807, 2.05) is 12.1 Å². The Morgan fingerprint density at radius 2 is 1.88 bits per heavy atom. The fraction of sp³-hybridized carbons (Fsp3) is 0.409. The fourth-order valence-electron chi connectivity index (χ4n) is 3.76. The molecule has 0 saturated carbocycles. The topological polar surface area (TPSA) is 106 Å². The monoisotopic (exact) mass is 473 g/mol. The van der Waals surface area contributed by atoms with Crippen molar-refractivity contribution in [3.8, 4) is 11.4 Å². The van der Waals surface area contributed by atoms with E-state index in [0.29, 0.717) is 5.69 Å². The Morgan fingerprint density at radius 3 is 2.56 bits per heavy atom. The second-order valence-corrected chi connectivity index (χ2v) is 11.1. The molecule has 8 nitrogen and oxygen atoms in total. The SMILES string of the molecule is CC(C)[C@H](NS(=O)(=O)c1cccs1)C(=O)Nc1ccc(-c2nnc3n2CCCCC3)cc1. The summed E-state index contributed by atoms with van der Waals surface area (Å²) >= 11 is 1.12. The smallest absolute Gasteiger partial charge is 0.250 e. The Hall–Kier alpha value is -2.56. The van der Waals surface area contributed by atoms with Gasteiger partial charge >= 0.3 is 0 Å². The molecular formula is C22H27N5O3S2. The molecular weight excluding hydrogens is 446 g/mol. The molecule has 2 aromatic heterocycles. The van der Waals surface area contributed by atoms with Crippen molar-refractivity contribution in [3.05, 3.63) is 47.6 Å². The lowest BCUT2D eigenvalue weighted by molar-refractivity contribution is -0.118. The number of nitrogens with one attached hydrogen (secondary N) is 2. The van der Waals surface area contributed by atoms with Gasteiger partial charge in [-0.05, 0) is 54.5 Å². The molecule has 170 valence electrons. The zero-order valence-corrected chi connectivity index (χ0v) is 19.7. The zero-order chi connectivity index (χ0) is 22.7. The Morgan fingerprint density at radius 1 is 1.09 bits per heavy atom. The van der Waals surface area contributed by atoms with Crippen LogP contribution in [-0.2, 0) is 27.8 Å². The number of sulfonamides is 1. The van der Waals surface area contributed by atoms with E-state index < -0.39 is 22.0 Å². The first-order chi connectivity index (χ1) is 15.3. The first-order valence-corrected chi connectivity index (χ1v) is 13.1. The minimum Gasteiger partial charge on any atom is -0.325 e. The Balaban J connectivity index is 1.48. The van der Waals surface area contributed by atoms with Crippen molar-refractivity contribution < 1.29 is 13.2 Å². The van der Waals surface area contributed by atoms with Gasteiger partial charge in [-0.1, -0.05) is 26.3 Å². The number of anilines is 1. The molecule has 0 radical (unpaired) electrons. The van der Waals surface area contributed by atoms with Crippen LogP contribution in [-0.4, -0.2) is 35.1 Å². The molecule has 1 aromatic carbocycles. The van der Waals surface area contributed by atoms with Gasteiger partial charge in [-0.3, -0.25) is 4.79 Å². The zero-order valence-electron chi connectivity index (χ0n) is 18.1. The van der Waals surface area contributed by atoms with Crippen LogP contribution in [0.2, 0.25) is 0 Å². The van der Waals surface area contributed by atoms with Crippen molar-refractivity contribution >= 4 is 33.0 Å². The molecule has 0 bridgehead atoms. The lowest BCUT2D eigenvalue weighted by atomic mass is 10.0. The fourth-order valence-corrected chi connectivity index (χ4v) is 6.11. The molecule has 4 rings (SSSR count). The summed E-state index contributed by atoms with van der Waals surface area (Å²) in [5, 5.41) is 13.2. The average molecular weight is 474 g/mol. The normalized spacial score (nSPS) is 15.2. The third-order valence-corrected chi connectivity index (χ3v) is 8.35. The van der Waals surface area contributed by atoms with Crippen LogP contribution in [0.3, 0.4) is 0 Å². The number of thiophene rings is 1. The first kappa shape index (κ1) is 22.6. The largest absolute Gasteiger partial charge is 0.325 e. The van der Waals surface area contributed by atoms with Gasteiger partial charge in [0.15, 0.2) is 5.82 Å². The number of aromatic nitrogens is 3. The lowest BCUT2D eigenvalue weighted by Gasteiger charge is -2.21. The summed E-state index contributed by atoms with van der Waals surface area (Å²) in [7, 11) is -3.76. The van der Waals surface area contributed by atoms with Crippen LogP contribution in [0.5, 0.6) is 0 Å². The van der Waals surface area contributed by atoms with Gasteiger partial charge in [0.05, 0.1) is 0 Å². The number of fused-ring (bicyclic) bond motifs is 1. The van der Waals surface area contributed by atoms with Crippen molar-refractivity contribution in [2.45, 2.75) is 56.3 Å². The number of carbonyl (C=O) groups excluding carboxylic acids is 1. The van der Waals surface area contributed by atoms with E-state index in [0.717, 1.165) is 54.4 Å². The van der Waals surface area contributed by atoms with Crippen LogP contribution in [0.1, 0.15) is 38.9 Å². The Bertz CT molecular complexity index is 1170. The predicted molar refractivity (Wildman–Crippen MR) is 125 cm³/mol. The number of rotatable bonds is 7. The minimum absolute atomic E-state index is 0.188. The summed E-state index contributed by atoms with van der Waals surface area (Å²) in [6, 6.07) is 9.70.